The van der Waals surface area contributed by atoms with Gasteiger partial charge in [0.05, 0.1) is 74.6 Å². The molecular formula is C67H109O39+. The van der Waals surface area contributed by atoms with Crippen molar-refractivity contribution in [3.8, 4) is 0 Å². The Morgan fingerprint density at radius 1 is 0.377 bits per heavy atom. The SMILES string of the molecule is COC1CC(C=CC(=O)OCC2OC(OC3CC(O)C4CC(OC5OC(COC6OC(COC(=O)C=CC7CC(OC)C(O)C(OC)C7)C(O)C(OC7OC(CO)C(O)C(O)C7O)C6O)C(O)C(O)C5O)C(C5CCC(O)C(OC6OC(CO)C(O)C(O)C6O)C5)[OH+]C4C3)C(O)C(O)C2O)CC(OC)C1O. The van der Waals surface area contributed by atoms with E-state index < -0.39 is 290 Å². The standard InChI is InChI=1S/C67H108O39/c1-90-33-11-24(12-34(91-2)45(33)74)5-9-43(72)94-21-40-49(78)54(83)56(85)64(104-40)97-27-16-30(71)28-18-37(61(98-31(28)17-27)26-7-8-29(70)32(15-26)99-65-57(86)52(81)47(76)38(19-68)101-65)100-66-58(87)55(84)50(79)41(105-66)23-96-63-60(89)62(106-67-59(88)53(82)48(77)39(20-69)102-67)51(80)42(103-63)22-95-44(73)10-6-25-13-35(92-3)46(75)36(14-25)93-4/h5-6,9-10,24-42,45-71,74-89H,7-8,11-23H2,1-4H3/p+1. The molecule has 10 fully saturated rings. The number of rotatable bonds is 26. The molecule has 0 aromatic heterocycles. The molecule has 0 radical (unpaired) electrons. The molecule has 10 rings (SSSR count). The monoisotopic (exact) mass is 1540 g/mol. The normalized spacial score (nSPS) is 49.8. The van der Waals surface area contributed by atoms with E-state index in [4.69, 9.17) is 80.5 Å². The number of aliphatic hydroxyl groups is 22. The minimum absolute atomic E-state index is 0.00124. The van der Waals surface area contributed by atoms with Crippen molar-refractivity contribution in [3.05, 3.63) is 24.3 Å². The maximum Gasteiger partial charge on any atom is 0.330 e. The van der Waals surface area contributed by atoms with Crippen molar-refractivity contribution in [2.75, 3.05) is 61.5 Å². The molecule has 0 aromatic carbocycles. The van der Waals surface area contributed by atoms with E-state index in [1.54, 1.807) is 6.08 Å². The van der Waals surface area contributed by atoms with Gasteiger partial charge in [-0.15, -0.1) is 0 Å². The average Bonchev–Trinajstić information content (AvgIpc) is 0.767. The number of allylic oxidation sites excluding steroid dienone is 2. The van der Waals surface area contributed by atoms with Crippen LogP contribution < -0.4 is 0 Å². The summed E-state index contributed by atoms with van der Waals surface area (Å²) in [5.74, 6) is -3.85. The van der Waals surface area contributed by atoms with Crippen molar-refractivity contribution in [3.63, 3.8) is 0 Å². The van der Waals surface area contributed by atoms with Crippen molar-refractivity contribution in [2.24, 2.45) is 23.7 Å². The highest BCUT2D eigenvalue weighted by Crippen LogP contribution is 2.45. The summed E-state index contributed by atoms with van der Waals surface area (Å²) in [5.41, 5.74) is 0. The molecule has 38 unspecified atom stereocenters. The molecule has 610 valence electrons. The quantitative estimate of drug-likeness (QED) is 0.0217. The Bertz CT molecular complexity index is 2750. The number of aliphatic hydroxyl groups excluding tert-OH is 20. The number of hydrogen-bond acceptors (Lipinski definition) is 38. The third kappa shape index (κ3) is 19.6. The summed E-state index contributed by atoms with van der Waals surface area (Å²) < 4.78 is 97.7. The van der Waals surface area contributed by atoms with E-state index >= 15 is 0 Å². The van der Waals surface area contributed by atoms with E-state index in [1.807, 2.05) is 0 Å². The van der Waals surface area contributed by atoms with Crippen molar-refractivity contribution in [2.45, 2.75) is 297 Å². The zero-order valence-corrected chi connectivity index (χ0v) is 58.9. The molecule has 38 atom stereocenters. The molecule has 0 bridgehead atoms. The van der Waals surface area contributed by atoms with Crippen LogP contribution in [0.15, 0.2) is 24.3 Å². The second-order valence-corrected chi connectivity index (χ2v) is 29.3. The molecule has 39 heteroatoms. The van der Waals surface area contributed by atoms with Gasteiger partial charge in [-0.1, -0.05) is 12.2 Å². The summed E-state index contributed by atoms with van der Waals surface area (Å²) in [7, 11) is 5.72. The largest absolute Gasteiger partial charge is 0.460 e. The third-order valence-electron chi connectivity index (χ3n) is 22.5. The van der Waals surface area contributed by atoms with E-state index in [2.05, 4.69) is 0 Å². The second-order valence-electron chi connectivity index (χ2n) is 29.3. The highest BCUT2D eigenvalue weighted by Gasteiger charge is 2.59. The molecular weight excluding hydrogens is 1430 g/mol. The highest BCUT2D eigenvalue weighted by molar-refractivity contribution is 5.82. The molecule has 0 spiro atoms. The molecule has 39 nitrogen and oxygen atoms in total. The number of methoxy groups -OCH3 is 4. The third-order valence-corrected chi connectivity index (χ3v) is 22.5. The number of carbonyl (C=O) groups excluding carboxylic acids is 2. The van der Waals surface area contributed by atoms with Crippen LogP contribution in [0.3, 0.4) is 0 Å². The van der Waals surface area contributed by atoms with Gasteiger partial charge in [0, 0.05) is 59.4 Å². The molecule has 0 amide bonds. The van der Waals surface area contributed by atoms with E-state index in [1.165, 1.54) is 34.5 Å². The summed E-state index contributed by atoms with van der Waals surface area (Å²) in [6.07, 6.45) is -51.4. The molecule has 6 saturated heterocycles. The zero-order chi connectivity index (χ0) is 76.9. The van der Waals surface area contributed by atoms with E-state index in [9.17, 15) is 112 Å². The Labute approximate surface area is 609 Å². The first-order valence-electron chi connectivity index (χ1n) is 36.0. The van der Waals surface area contributed by atoms with Crippen LogP contribution in [0.25, 0.3) is 0 Å². The van der Waals surface area contributed by atoms with Crippen molar-refractivity contribution in [1.29, 1.82) is 0 Å². The molecule has 6 aliphatic heterocycles. The Morgan fingerprint density at radius 3 is 1.25 bits per heavy atom. The zero-order valence-electron chi connectivity index (χ0n) is 58.9. The first-order chi connectivity index (χ1) is 50.5. The maximum atomic E-state index is 13.3. The van der Waals surface area contributed by atoms with Gasteiger partial charge >= 0.3 is 11.9 Å². The van der Waals surface area contributed by atoms with Gasteiger partial charge in [-0.05, 0) is 63.2 Å². The van der Waals surface area contributed by atoms with Gasteiger partial charge < -0.3 is 183 Å². The van der Waals surface area contributed by atoms with Gasteiger partial charge in [0.25, 0.3) is 0 Å². The summed E-state index contributed by atoms with van der Waals surface area (Å²) in [6.45, 7) is -3.94. The fourth-order valence-electron chi connectivity index (χ4n) is 16.2. The van der Waals surface area contributed by atoms with Gasteiger partial charge in [0.1, 0.15) is 154 Å². The van der Waals surface area contributed by atoms with E-state index in [-0.39, 0.29) is 50.4 Å². The smallest absolute Gasteiger partial charge is 0.330 e. The summed E-state index contributed by atoms with van der Waals surface area (Å²) in [6, 6.07) is 0. The van der Waals surface area contributed by atoms with Crippen molar-refractivity contribution < 1.29 is 192 Å². The lowest BCUT2D eigenvalue weighted by Gasteiger charge is -2.50. The Kier molecular flexibility index (Phi) is 30.8. The van der Waals surface area contributed by atoms with Gasteiger partial charge in [0.2, 0.25) is 0 Å². The fourth-order valence-corrected chi connectivity index (χ4v) is 16.2. The van der Waals surface area contributed by atoms with Crippen LogP contribution in [0.2, 0.25) is 0 Å². The summed E-state index contributed by atoms with van der Waals surface area (Å²) in [5, 5.41) is 220. The topological polar surface area (TPSA) is 599 Å². The number of fused-ring (bicyclic) bond motifs is 1. The minimum atomic E-state index is -2.11. The van der Waals surface area contributed by atoms with E-state index in [0.29, 0.717) is 25.7 Å². The minimum Gasteiger partial charge on any atom is -0.460 e. The molecule has 4 aliphatic carbocycles. The van der Waals surface area contributed by atoms with Crippen LogP contribution in [-0.4, -0.2) is 413 Å². The Balaban J connectivity index is 0.841. The van der Waals surface area contributed by atoms with Crippen molar-refractivity contribution >= 4 is 11.9 Å². The van der Waals surface area contributed by atoms with Crippen LogP contribution in [0.1, 0.15) is 64.2 Å². The lowest BCUT2D eigenvalue weighted by Crippen LogP contribution is -2.65. The van der Waals surface area contributed by atoms with Crippen LogP contribution in [0.5, 0.6) is 0 Å². The fraction of sp³-hybridized carbons (Fsp3) is 0.910. The molecule has 21 N–H and O–H groups in total. The van der Waals surface area contributed by atoms with Gasteiger partial charge in [-0.2, -0.15) is 0 Å². The summed E-state index contributed by atoms with van der Waals surface area (Å²) >= 11 is 0. The first-order valence-corrected chi connectivity index (χ1v) is 36.0. The Hall–Kier alpha value is -2.98. The number of hydrogen-bond donors (Lipinski definition) is 20. The number of carbonyl (C=O) groups is 2. The van der Waals surface area contributed by atoms with Crippen LogP contribution in [0, 0.1) is 23.7 Å². The number of esters is 2. The maximum absolute atomic E-state index is 13.3. The number of ether oxygens (including phenoxy) is 17. The van der Waals surface area contributed by atoms with E-state index in [0.717, 1.165) is 12.2 Å². The van der Waals surface area contributed by atoms with Gasteiger partial charge in [-0.25, -0.2) is 9.59 Å². The van der Waals surface area contributed by atoms with Gasteiger partial charge in [0.15, 0.2) is 43.7 Å². The first kappa shape index (κ1) is 85.4. The molecule has 106 heavy (non-hydrogen) atoms. The summed E-state index contributed by atoms with van der Waals surface area (Å²) in [4.78, 5) is 26.3. The second kappa shape index (κ2) is 38.2. The average molecular weight is 1540 g/mol. The van der Waals surface area contributed by atoms with Crippen molar-refractivity contribution in [1.82, 2.24) is 0 Å². The molecule has 4 saturated carbocycles. The van der Waals surface area contributed by atoms with Crippen LogP contribution >= 0.6 is 0 Å². The molecule has 6 heterocycles. The molecule has 0 aromatic rings. The lowest BCUT2D eigenvalue weighted by molar-refractivity contribution is -0.374. The predicted molar refractivity (Wildman–Crippen MR) is 344 cm³/mol. The molecule has 10 aliphatic rings. The Morgan fingerprint density at radius 2 is 0.783 bits per heavy atom. The predicted octanol–water partition coefficient (Wildman–Crippen LogP) is -10.4. The van der Waals surface area contributed by atoms with Crippen LogP contribution in [0.4, 0.5) is 0 Å². The highest BCUT2D eigenvalue weighted by atomic mass is 16.8. The lowest BCUT2D eigenvalue weighted by atomic mass is 9.72. The van der Waals surface area contributed by atoms with Gasteiger partial charge in [-0.3, -0.25) is 0 Å². The van der Waals surface area contributed by atoms with Crippen LogP contribution in [-0.2, 0) is 85.4 Å².